The van der Waals surface area contributed by atoms with E-state index in [4.69, 9.17) is 15.2 Å². The second kappa shape index (κ2) is 6.65. The predicted molar refractivity (Wildman–Crippen MR) is 82.7 cm³/mol. The van der Waals surface area contributed by atoms with Crippen molar-refractivity contribution < 1.29 is 14.3 Å². The van der Waals surface area contributed by atoms with E-state index in [9.17, 15) is 4.79 Å². The van der Waals surface area contributed by atoms with Crippen LogP contribution < -0.4 is 20.5 Å². The summed E-state index contributed by atoms with van der Waals surface area (Å²) in [5.74, 6) is 1.11. The van der Waals surface area contributed by atoms with Crippen LogP contribution in [0.5, 0.6) is 11.5 Å². The molecule has 110 valence electrons. The van der Waals surface area contributed by atoms with Gasteiger partial charge in [0, 0.05) is 11.4 Å². The highest BCUT2D eigenvalue weighted by Crippen LogP contribution is 2.19. The van der Waals surface area contributed by atoms with Crippen molar-refractivity contribution in [2.75, 3.05) is 24.8 Å². The monoisotopic (exact) mass is 286 g/mol. The molecule has 0 radical (unpaired) electrons. The number of hydrogen-bond acceptors (Lipinski definition) is 4. The number of amides is 1. The summed E-state index contributed by atoms with van der Waals surface area (Å²) in [4.78, 5) is 11.9. The van der Waals surface area contributed by atoms with Crippen LogP contribution in [-0.4, -0.2) is 19.6 Å². The van der Waals surface area contributed by atoms with Gasteiger partial charge in [0.1, 0.15) is 11.5 Å². The van der Waals surface area contributed by atoms with Crippen LogP contribution >= 0.6 is 0 Å². The lowest BCUT2D eigenvalue weighted by molar-refractivity contribution is -0.118. The molecule has 3 N–H and O–H groups in total. The zero-order valence-electron chi connectivity index (χ0n) is 12.1. The average Bonchev–Trinajstić information content (AvgIpc) is 2.49. The third kappa shape index (κ3) is 4.14. The van der Waals surface area contributed by atoms with Crippen molar-refractivity contribution in [2.24, 2.45) is 0 Å². The molecule has 0 atom stereocenters. The Hall–Kier alpha value is -2.69. The molecule has 0 aliphatic carbocycles. The first kappa shape index (κ1) is 14.7. The van der Waals surface area contributed by atoms with E-state index in [1.165, 1.54) is 0 Å². The molecule has 0 aliphatic heterocycles. The second-order valence-corrected chi connectivity index (χ2v) is 4.59. The van der Waals surface area contributed by atoms with Gasteiger partial charge in [0.05, 0.1) is 7.11 Å². The van der Waals surface area contributed by atoms with Crippen molar-refractivity contribution in [3.63, 3.8) is 0 Å². The average molecular weight is 286 g/mol. The van der Waals surface area contributed by atoms with Gasteiger partial charge in [-0.15, -0.1) is 0 Å². The standard InChI is InChI=1S/C16H18N2O3/c1-11-3-4-12(17)9-15(11)18-16(19)10-21-14-7-5-13(20-2)6-8-14/h3-9H,10,17H2,1-2H3,(H,18,19). The number of ether oxygens (including phenoxy) is 2. The molecule has 2 aromatic rings. The molecular formula is C16H18N2O3. The van der Waals surface area contributed by atoms with E-state index in [2.05, 4.69) is 5.32 Å². The van der Waals surface area contributed by atoms with Crippen molar-refractivity contribution in [3.8, 4) is 11.5 Å². The summed E-state index contributed by atoms with van der Waals surface area (Å²) in [7, 11) is 1.59. The molecule has 0 fully saturated rings. The Morgan fingerprint density at radius 3 is 2.48 bits per heavy atom. The maximum atomic E-state index is 11.9. The molecule has 5 nitrogen and oxygen atoms in total. The van der Waals surface area contributed by atoms with Gasteiger partial charge in [-0.1, -0.05) is 6.07 Å². The normalized spacial score (nSPS) is 10.0. The van der Waals surface area contributed by atoms with Crippen molar-refractivity contribution in [1.82, 2.24) is 0 Å². The topological polar surface area (TPSA) is 73.6 Å². The number of nitrogens with two attached hydrogens (primary N) is 1. The molecule has 0 bridgehead atoms. The third-order valence-electron chi connectivity index (χ3n) is 2.97. The number of hydrogen-bond donors (Lipinski definition) is 2. The molecule has 0 aliphatic rings. The summed E-state index contributed by atoms with van der Waals surface area (Å²) in [5.41, 5.74) is 7.94. The number of anilines is 2. The Morgan fingerprint density at radius 1 is 1.14 bits per heavy atom. The van der Waals surface area contributed by atoms with Crippen LogP contribution in [0.25, 0.3) is 0 Å². The van der Waals surface area contributed by atoms with E-state index in [-0.39, 0.29) is 12.5 Å². The maximum absolute atomic E-state index is 11.9. The fourth-order valence-corrected chi connectivity index (χ4v) is 1.78. The van der Waals surface area contributed by atoms with Crippen LogP contribution in [0.3, 0.4) is 0 Å². The van der Waals surface area contributed by atoms with Gasteiger partial charge in [-0.3, -0.25) is 4.79 Å². The first-order valence-electron chi connectivity index (χ1n) is 6.51. The summed E-state index contributed by atoms with van der Waals surface area (Å²) in [6, 6.07) is 12.4. The number of methoxy groups -OCH3 is 1. The number of aryl methyl sites for hydroxylation is 1. The van der Waals surface area contributed by atoms with Gasteiger partial charge in [-0.05, 0) is 48.9 Å². The number of rotatable bonds is 5. The molecule has 0 heterocycles. The highest BCUT2D eigenvalue weighted by Gasteiger charge is 2.06. The van der Waals surface area contributed by atoms with E-state index in [1.54, 1.807) is 43.5 Å². The van der Waals surface area contributed by atoms with Gasteiger partial charge in [-0.25, -0.2) is 0 Å². The smallest absolute Gasteiger partial charge is 0.262 e. The van der Waals surface area contributed by atoms with Gasteiger partial charge in [0.25, 0.3) is 5.91 Å². The van der Waals surface area contributed by atoms with E-state index in [1.807, 2.05) is 13.0 Å². The van der Waals surface area contributed by atoms with E-state index in [0.717, 1.165) is 11.3 Å². The highest BCUT2D eigenvalue weighted by molar-refractivity contribution is 5.93. The maximum Gasteiger partial charge on any atom is 0.262 e. The Kier molecular flexibility index (Phi) is 4.66. The van der Waals surface area contributed by atoms with Crippen LogP contribution in [0, 0.1) is 6.92 Å². The summed E-state index contributed by atoms with van der Waals surface area (Å²) in [6.07, 6.45) is 0. The van der Waals surface area contributed by atoms with E-state index >= 15 is 0 Å². The fourth-order valence-electron chi connectivity index (χ4n) is 1.78. The van der Waals surface area contributed by atoms with Gasteiger partial charge in [0.2, 0.25) is 0 Å². The minimum atomic E-state index is -0.237. The Labute approximate surface area is 123 Å². The minimum absolute atomic E-state index is 0.0689. The van der Waals surface area contributed by atoms with Crippen LogP contribution in [-0.2, 0) is 4.79 Å². The van der Waals surface area contributed by atoms with Crippen molar-refractivity contribution >= 4 is 17.3 Å². The lowest BCUT2D eigenvalue weighted by Gasteiger charge is -2.10. The van der Waals surface area contributed by atoms with Gasteiger partial charge in [-0.2, -0.15) is 0 Å². The van der Waals surface area contributed by atoms with Crippen LogP contribution in [0.2, 0.25) is 0 Å². The summed E-state index contributed by atoms with van der Waals surface area (Å²) >= 11 is 0. The first-order valence-corrected chi connectivity index (χ1v) is 6.51. The highest BCUT2D eigenvalue weighted by atomic mass is 16.5. The molecule has 2 rings (SSSR count). The van der Waals surface area contributed by atoms with Gasteiger partial charge < -0.3 is 20.5 Å². The van der Waals surface area contributed by atoms with Gasteiger partial charge >= 0.3 is 0 Å². The zero-order chi connectivity index (χ0) is 15.2. The van der Waals surface area contributed by atoms with Crippen molar-refractivity contribution in [1.29, 1.82) is 0 Å². The van der Waals surface area contributed by atoms with E-state index in [0.29, 0.717) is 17.1 Å². The molecule has 0 saturated carbocycles. The van der Waals surface area contributed by atoms with Crippen LogP contribution in [0.1, 0.15) is 5.56 Å². The molecule has 5 heteroatoms. The third-order valence-corrected chi connectivity index (χ3v) is 2.97. The Morgan fingerprint density at radius 2 is 1.81 bits per heavy atom. The molecule has 0 spiro atoms. The lowest BCUT2D eigenvalue weighted by atomic mass is 10.2. The number of carbonyl (C=O) groups excluding carboxylic acids is 1. The molecular weight excluding hydrogens is 268 g/mol. The zero-order valence-corrected chi connectivity index (χ0v) is 12.1. The second-order valence-electron chi connectivity index (χ2n) is 4.59. The SMILES string of the molecule is COc1ccc(OCC(=O)Nc2cc(N)ccc2C)cc1. The summed E-state index contributed by atoms with van der Waals surface area (Å²) < 4.78 is 10.5. The van der Waals surface area contributed by atoms with Crippen molar-refractivity contribution in [3.05, 3.63) is 48.0 Å². The molecule has 0 unspecified atom stereocenters. The number of nitrogen functional groups attached to an aromatic ring is 1. The largest absolute Gasteiger partial charge is 0.497 e. The first-order chi connectivity index (χ1) is 10.1. The summed E-state index contributed by atoms with van der Waals surface area (Å²) in [5, 5.41) is 2.78. The molecule has 1 amide bonds. The molecule has 0 aromatic heterocycles. The molecule has 2 aromatic carbocycles. The van der Waals surface area contributed by atoms with Crippen LogP contribution in [0.15, 0.2) is 42.5 Å². The molecule has 21 heavy (non-hydrogen) atoms. The van der Waals surface area contributed by atoms with Crippen molar-refractivity contribution in [2.45, 2.75) is 6.92 Å². The quantitative estimate of drug-likeness (QED) is 0.829. The summed E-state index contributed by atoms with van der Waals surface area (Å²) in [6.45, 7) is 1.83. The number of carbonyl (C=O) groups is 1. The lowest BCUT2D eigenvalue weighted by Crippen LogP contribution is -2.20. The number of nitrogens with one attached hydrogen (secondary N) is 1. The number of benzene rings is 2. The minimum Gasteiger partial charge on any atom is -0.497 e. The van der Waals surface area contributed by atoms with Gasteiger partial charge in [0.15, 0.2) is 6.61 Å². The predicted octanol–water partition coefficient (Wildman–Crippen LogP) is 2.60. The Balaban J connectivity index is 1.91. The Bertz CT molecular complexity index is 624. The molecule has 0 saturated heterocycles. The van der Waals surface area contributed by atoms with E-state index < -0.39 is 0 Å². The fraction of sp³-hybridized carbons (Fsp3) is 0.188. The van der Waals surface area contributed by atoms with Crippen LogP contribution in [0.4, 0.5) is 11.4 Å².